The first-order valence-corrected chi connectivity index (χ1v) is 3.98. The van der Waals surface area contributed by atoms with Crippen molar-refractivity contribution in [2.45, 2.75) is 6.18 Å². The lowest BCUT2D eigenvalue weighted by atomic mass is 10.1. The Morgan fingerprint density at radius 2 is 1.93 bits per heavy atom. The Hall–Kier alpha value is -1.30. The minimum atomic E-state index is -4.76. The summed E-state index contributed by atoms with van der Waals surface area (Å²) >= 11 is 5.23. The summed E-state index contributed by atoms with van der Waals surface area (Å²) in [6.45, 7) is 0. The second-order valence-electron chi connectivity index (χ2n) is 2.58. The topological polar surface area (TPSA) is 32.6 Å². The van der Waals surface area contributed by atoms with Crippen molar-refractivity contribution in [3.8, 4) is 0 Å². The molecule has 0 fully saturated rings. The molecule has 0 aliphatic carbocycles. The average molecular weight is 242 g/mol. The number of rotatable bonds is 1. The van der Waals surface area contributed by atoms with Gasteiger partial charge in [-0.2, -0.15) is 13.2 Å². The number of benzene rings is 1. The van der Waals surface area contributed by atoms with Crippen LogP contribution in [-0.2, 0) is 6.18 Å². The lowest BCUT2D eigenvalue weighted by molar-refractivity contribution is -0.137. The van der Waals surface area contributed by atoms with Crippen molar-refractivity contribution in [2.75, 3.05) is 0 Å². The van der Waals surface area contributed by atoms with Gasteiger partial charge in [-0.3, -0.25) is 0 Å². The van der Waals surface area contributed by atoms with E-state index in [0.29, 0.717) is 0 Å². The van der Waals surface area contributed by atoms with E-state index < -0.39 is 28.3 Å². The van der Waals surface area contributed by atoms with Crippen LogP contribution >= 0.6 is 11.6 Å². The summed E-state index contributed by atoms with van der Waals surface area (Å²) in [4.78, 5) is 0. The van der Waals surface area contributed by atoms with Gasteiger partial charge < -0.3 is 5.21 Å². The van der Waals surface area contributed by atoms with Gasteiger partial charge in [-0.1, -0.05) is 16.8 Å². The number of alkyl halides is 3. The van der Waals surface area contributed by atoms with Gasteiger partial charge in [-0.25, -0.2) is 4.39 Å². The summed E-state index contributed by atoms with van der Waals surface area (Å²) in [7, 11) is 0. The lowest BCUT2D eigenvalue weighted by Crippen LogP contribution is -2.11. The molecule has 15 heavy (non-hydrogen) atoms. The van der Waals surface area contributed by atoms with E-state index in [1.165, 1.54) is 0 Å². The molecular weight excluding hydrogens is 238 g/mol. The van der Waals surface area contributed by atoms with Crippen LogP contribution in [0.25, 0.3) is 0 Å². The average Bonchev–Trinajstić information content (AvgIpc) is 2.15. The molecule has 0 radical (unpaired) electrons. The van der Waals surface area contributed by atoms with Crippen LogP contribution in [0.4, 0.5) is 17.6 Å². The van der Waals surface area contributed by atoms with E-state index in [0.717, 1.165) is 12.1 Å². The Morgan fingerprint density at radius 1 is 1.33 bits per heavy atom. The number of nitrogens with zero attached hydrogens (tertiary/aromatic N) is 1. The first-order valence-electron chi connectivity index (χ1n) is 3.61. The predicted molar refractivity (Wildman–Crippen MR) is 45.6 cm³/mol. The molecule has 0 atom stereocenters. The van der Waals surface area contributed by atoms with E-state index in [9.17, 15) is 17.6 Å². The Kier molecular flexibility index (Phi) is 3.18. The molecule has 1 N–H and O–H groups in total. The van der Waals surface area contributed by atoms with E-state index in [4.69, 9.17) is 16.8 Å². The Labute approximate surface area is 86.8 Å². The minimum absolute atomic E-state index is 0.281. The predicted octanol–water partition coefficient (Wildman–Crippen LogP) is 3.22. The molecule has 2 nitrogen and oxygen atoms in total. The second kappa shape index (κ2) is 4.06. The largest absolute Gasteiger partial charge is 0.417 e. The fraction of sp³-hybridized carbons (Fsp3) is 0.125. The Morgan fingerprint density at radius 3 is 2.40 bits per heavy atom. The third-order valence-corrected chi connectivity index (χ3v) is 1.88. The molecule has 1 aromatic carbocycles. The molecule has 7 heteroatoms. The summed E-state index contributed by atoms with van der Waals surface area (Å²) in [6.07, 6.45) is -4.76. The van der Waals surface area contributed by atoms with Crippen molar-refractivity contribution in [3.05, 3.63) is 35.1 Å². The molecule has 1 aromatic rings. The summed E-state index contributed by atoms with van der Waals surface area (Å²) in [5.41, 5.74) is -1.86. The molecular formula is C8H4ClF4NO. The maximum Gasteiger partial charge on any atom is 0.417 e. The molecule has 0 unspecified atom stereocenters. The van der Waals surface area contributed by atoms with Crippen LogP contribution in [0.1, 0.15) is 11.1 Å². The summed E-state index contributed by atoms with van der Waals surface area (Å²) < 4.78 is 49.7. The van der Waals surface area contributed by atoms with Crippen molar-refractivity contribution in [2.24, 2.45) is 5.16 Å². The third kappa shape index (κ3) is 2.59. The van der Waals surface area contributed by atoms with Crippen LogP contribution in [0.3, 0.4) is 0 Å². The van der Waals surface area contributed by atoms with E-state index >= 15 is 0 Å². The van der Waals surface area contributed by atoms with Crippen molar-refractivity contribution in [1.29, 1.82) is 0 Å². The van der Waals surface area contributed by atoms with Crippen molar-refractivity contribution < 1.29 is 22.8 Å². The molecule has 0 bridgehead atoms. The van der Waals surface area contributed by atoms with Crippen molar-refractivity contribution >= 4 is 16.8 Å². The first-order chi connectivity index (χ1) is 6.86. The number of halogens is 5. The zero-order valence-corrected chi connectivity index (χ0v) is 7.77. The molecule has 0 aliphatic rings. The Balaban J connectivity index is 3.40. The first kappa shape index (κ1) is 11.8. The van der Waals surface area contributed by atoms with Crippen LogP contribution in [0.5, 0.6) is 0 Å². The Bertz CT molecular complexity index is 402. The van der Waals surface area contributed by atoms with Crippen molar-refractivity contribution in [1.82, 2.24) is 0 Å². The highest BCUT2D eigenvalue weighted by molar-refractivity contribution is 6.69. The molecule has 0 aromatic heterocycles. The number of oxime groups is 1. The van der Waals surface area contributed by atoms with Crippen LogP contribution in [0, 0.1) is 5.82 Å². The lowest BCUT2D eigenvalue weighted by Gasteiger charge is -2.10. The molecule has 0 saturated heterocycles. The number of hydrogen-bond donors (Lipinski definition) is 1. The van der Waals surface area contributed by atoms with Crippen LogP contribution in [0.15, 0.2) is 23.4 Å². The smallest absolute Gasteiger partial charge is 0.410 e. The summed E-state index contributed by atoms with van der Waals surface area (Å²) in [6, 6.07) is 1.86. The van der Waals surface area contributed by atoms with Crippen LogP contribution in [-0.4, -0.2) is 10.4 Å². The van der Waals surface area contributed by atoms with Gasteiger partial charge in [0.2, 0.25) is 0 Å². The van der Waals surface area contributed by atoms with Gasteiger partial charge in [-0.05, 0) is 18.2 Å². The zero-order valence-electron chi connectivity index (χ0n) is 7.02. The van der Waals surface area contributed by atoms with Gasteiger partial charge in [0.25, 0.3) is 0 Å². The molecule has 0 amide bonds. The summed E-state index contributed by atoms with van der Waals surface area (Å²) in [5.74, 6) is -1.05. The maximum absolute atomic E-state index is 12.6. The third-order valence-electron chi connectivity index (χ3n) is 1.60. The van der Waals surface area contributed by atoms with E-state index in [1.807, 2.05) is 0 Å². The quantitative estimate of drug-likeness (QED) is 0.348. The van der Waals surface area contributed by atoms with E-state index in [2.05, 4.69) is 5.16 Å². The molecule has 1 rings (SSSR count). The van der Waals surface area contributed by atoms with Crippen molar-refractivity contribution in [3.63, 3.8) is 0 Å². The minimum Gasteiger partial charge on any atom is -0.410 e. The van der Waals surface area contributed by atoms with Gasteiger partial charge in [-0.15, -0.1) is 0 Å². The van der Waals surface area contributed by atoms with E-state index in [1.54, 1.807) is 0 Å². The molecule has 82 valence electrons. The van der Waals surface area contributed by atoms with Crippen LogP contribution < -0.4 is 0 Å². The molecule has 0 spiro atoms. The van der Waals surface area contributed by atoms with Crippen LogP contribution in [0.2, 0.25) is 0 Å². The fourth-order valence-corrected chi connectivity index (χ4v) is 1.15. The van der Waals surface area contributed by atoms with Gasteiger partial charge in [0.05, 0.1) is 5.56 Å². The van der Waals surface area contributed by atoms with Gasteiger partial charge in [0.15, 0.2) is 5.17 Å². The highest BCUT2D eigenvalue weighted by Crippen LogP contribution is 2.33. The maximum atomic E-state index is 12.6. The SMILES string of the molecule is O/N=C(/Cl)c1ccc(F)cc1C(F)(F)F. The zero-order chi connectivity index (χ0) is 11.6. The highest BCUT2D eigenvalue weighted by atomic mass is 35.5. The van der Waals surface area contributed by atoms with Gasteiger partial charge >= 0.3 is 6.18 Å². The molecule has 0 heterocycles. The normalized spacial score (nSPS) is 13.0. The fourth-order valence-electron chi connectivity index (χ4n) is 0.985. The number of hydrogen-bond acceptors (Lipinski definition) is 2. The molecule has 0 saturated carbocycles. The van der Waals surface area contributed by atoms with Gasteiger partial charge in [0.1, 0.15) is 5.82 Å². The molecule has 0 aliphatic heterocycles. The van der Waals surface area contributed by atoms with E-state index in [-0.39, 0.29) is 6.07 Å². The standard InChI is InChI=1S/C8H4ClF4NO/c9-7(14-15)5-2-1-4(10)3-6(5)8(11,12)13/h1-3,15H/b14-7+. The summed E-state index contributed by atoms with van der Waals surface area (Å²) in [5, 5.41) is 9.92. The second-order valence-corrected chi connectivity index (χ2v) is 2.94. The highest BCUT2D eigenvalue weighted by Gasteiger charge is 2.34. The monoisotopic (exact) mass is 241 g/mol. The van der Waals surface area contributed by atoms with Gasteiger partial charge in [0, 0.05) is 5.56 Å².